The SMILES string of the molecule is CC1CC2CC(C)(CN)CC(C(C)O[N+](=O)[O-])(C1)C2. The Labute approximate surface area is 115 Å². The van der Waals surface area contributed by atoms with Gasteiger partial charge in [-0.05, 0) is 68.2 Å². The maximum atomic E-state index is 10.7. The van der Waals surface area contributed by atoms with Crippen LogP contribution in [0.2, 0.25) is 0 Å². The molecule has 2 bridgehead atoms. The molecule has 0 radical (unpaired) electrons. The summed E-state index contributed by atoms with van der Waals surface area (Å²) in [6, 6.07) is 0. The Bertz CT molecular complexity index is 359. The third-order valence-electron chi connectivity index (χ3n) is 5.35. The summed E-state index contributed by atoms with van der Waals surface area (Å²) in [5, 5.41) is 10.0. The van der Waals surface area contributed by atoms with E-state index in [1.54, 1.807) is 0 Å². The van der Waals surface area contributed by atoms with Crippen molar-refractivity contribution < 1.29 is 9.92 Å². The molecule has 5 nitrogen and oxygen atoms in total. The van der Waals surface area contributed by atoms with Crippen molar-refractivity contribution in [3.8, 4) is 0 Å². The molecule has 2 aliphatic rings. The summed E-state index contributed by atoms with van der Waals surface area (Å²) in [5.74, 6) is 1.27. The van der Waals surface area contributed by atoms with Crippen LogP contribution in [0.15, 0.2) is 0 Å². The topological polar surface area (TPSA) is 78.4 Å². The van der Waals surface area contributed by atoms with Gasteiger partial charge in [0.25, 0.3) is 5.09 Å². The van der Waals surface area contributed by atoms with Gasteiger partial charge >= 0.3 is 0 Å². The average Bonchev–Trinajstić information content (AvgIpc) is 2.26. The van der Waals surface area contributed by atoms with Crippen molar-refractivity contribution in [2.45, 2.75) is 59.0 Å². The maximum absolute atomic E-state index is 10.7. The van der Waals surface area contributed by atoms with Crippen LogP contribution < -0.4 is 5.73 Å². The fraction of sp³-hybridized carbons (Fsp3) is 1.00. The predicted octanol–water partition coefficient (Wildman–Crippen LogP) is 2.76. The summed E-state index contributed by atoms with van der Waals surface area (Å²) >= 11 is 0. The van der Waals surface area contributed by atoms with Gasteiger partial charge in [0, 0.05) is 0 Å². The van der Waals surface area contributed by atoms with Gasteiger partial charge in [0.15, 0.2) is 0 Å². The molecule has 5 unspecified atom stereocenters. The van der Waals surface area contributed by atoms with Gasteiger partial charge in [-0.2, -0.15) is 0 Å². The average molecular weight is 270 g/mol. The van der Waals surface area contributed by atoms with Crippen LogP contribution in [-0.2, 0) is 4.84 Å². The van der Waals surface area contributed by atoms with Gasteiger partial charge in [0.1, 0.15) is 6.10 Å². The number of hydrogen-bond acceptors (Lipinski definition) is 4. The molecular weight excluding hydrogens is 244 g/mol. The van der Waals surface area contributed by atoms with E-state index in [1.807, 2.05) is 6.92 Å². The molecule has 5 heteroatoms. The van der Waals surface area contributed by atoms with Gasteiger partial charge in [-0.1, -0.05) is 13.8 Å². The number of hydrogen-bond donors (Lipinski definition) is 1. The number of nitrogens with two attached hydrogens (primary N) is 1. The first kappa shape index (κ1) is 14.6. The molecule has 0 spiro atoms. The third kappa shape index (κ3) is 2.86. The van der Waals surface area contributed by atoms with Crippen LogP contribution >= 0.6 is 0 Å². The lowest BCUT2D eigenvalue weighted by Gasteiger charge is -2.56. The van der Waals surface area contributed by atoms with E-state index in [9.17, 15) is 10.1 Å². The van der Waals surface area contributed by atoms with E-state index in [1.165, 1.54) is 6.42 Å². The molecule has 2 N–H and O–H groups in total. The third-order valence-corrected chi connectivity index (χ3v) is 5.35. The van der Waals surface area contributed by atoms with E-state index < -0.39 is 5.09 Å². The zero-order valence-electron chi connectivity index (χ0n) is 12.2. The first-order chi connectivity index (χ1) is 8.78. The van der Waals surface area contributed by atoms with Crippen molar-refractivity contribution in [2.24, 2.45) is 28.4 Å². The zero-order chi connectivity index (χ0) is 14.3. The van der Waals surface area contributed by atoms with Crippen molar-refractivity contribution in [3.63, 3.8) is 0 Å². The van der Waals surface area contributed by atoms with E-state index in [2.05, 4.69) is 13.8 Å². The summed E-state index contributed by atoms with van der Waals surface area (Å²) in [6.45, 7) is 7.00. The van der Waals surface area contributed by atoms with Crippen molar-refractivity contribution in [2.75, 3.05) is 6.54 Å². The Hall–Kier alpha value is -0.840. The molecule has 2 fully saturated rings. The number of rotatable bonds is 4. The van der Waals surface area contributed by atoms with Crippen molar-refractivity contribution >= 4 is 0 Å². The molecule has 0 saturated heterocycles. The highest BCUT2D eigenvalue weighted by atomic mass is 17.0. The van der Waals surface area contributed by atoms with E-state index in [0.29, 0.717) is 18.4 Å². The largest absolute Gasteiger partial charge is 0.330 e. The smallest absolute Gasteiger partial charge is 0.294 e. The molecule has 0 aliphatic heterocycles. The van der Waals surface area contributed by atoms with Gasteiger partial charge in [-0.15, -0.1) is 10.1 Å². The maximum Gasteiger partial charge on any atom is 0.294 e. The fourth-order valence-corrected chi connectivity index (χ4v) is 4.88. The molecule has 2 saturated carbocycles. The fourth-order valence-electron chi connectivity index (χ4n) is 4.88. The summed E-state index contributed by atoms with van der Waals surface area (Å²) in [4.78, 5) is 15.6. The molecule has 0 heterocycles. The minimum absolute atomic E-state index is 0.0677. The molecule has 0 amide bonds. The second kappa shape index (κ2) is 4.93. The van der Waals surface area contributed by atoms with Crippen LogP contribution in [-0.4, -0.2) is 17.7 Å². The van der Waals surface area contributed by atoms with E-state index >= 15 is 0 Å². The number of fused-ring (bicyclic) bond motifs is 2. The lowest BCUT2D eigenvalue weighted by molar-refractivity contribution is -0.772. The van der Waals surface area contributed by atoms with E-state index in [0.717, 1.165) is 25.7 Å². The minimum atomic E-state index is -0.637. The first-order valence-corrected chi connectivity index (χ1v) is 7.30. The van der Waals surface area contributed by atoms with Crippen molar-refractivity contribution in [3.05, 3.63) is 10.1 Å². The first-order valence-electron chi connectivity index (χ1n) is 7.30. The molecular formula is C14H26N2O3. The predicted molar refractivity (Wildman–Crippen MR) is 72.9 cm³/mol. The lowest BCUT2D eigenvalue weighted by Crippen LogP contribution is -2.52. The van der Waals surface area contributed by atoms with Crippen LogP contribution in [0.4, 0.5) is 0 Å². The quantitative estimate of drug-likeness (QED) is 0.629. The van der Waals surface area contributed by atoms with Crippen LogP contribution in [0.5, 0.6) is 0 Å². The van der Waals surface area contributed by atoms with Gasteiger partial charge in [0.05, 0.1) is 0 Å². The standard InChI is InChI=1S/C14H26N2O3/c1-10-4-12-6-13(3,9-15)8-14(5-10,7-12)11(2)19-16(17)18/h10-12H,4-9,15H2,1-3H3. The Kier molecular flexibility index (Phi) is 3.78. The summed E-state index contributed by atoms with van der Waals surface area (Å²) < 4.78 is 0. The molecule has 0 aromatic heterocycles. The van der Waals surface area contributed by atoms with Crippen LogP contribution in [0, 0.1) is 32.8 Å². The molecule has 2 rings (SSSR count). The minimum Gasteiger partial charge on any atom is -0.330 e. The molecule has 0 aromatic carbocycles. The highest BCUT2D eigenvalue weighted by Crippen LogP contribution is 2.58. The normalized spacial score (nSPS) is 43.6. The highest BCUT2D eigenvalue weighted by Gasteiger charge is 2.52. The second-order valence-electron chi connectivity index (χ2n) is 7.34. The van der Waals surface area contributed by atoms with Crippen LogP contribution in [0.25, 0.3) is 0 Å². The van der Waals surface area contributed by atoms with Crippen LogP contribution in [0.3, 0.4) is 0 Å². The zero-order valence-corrected chi connectivity index (χ0v) is 12.2. The monoisotopic (exact) mass is 270 g/mol. The second-order valence-corrected chi connectivity index (χ2v) is 7.34. The van der Waals surface area contributed by atoms with Crippen LogP contribution in [0.1, 0.15) is 52.9 Å². The molecule has 5 atom stereocenters. The van der Waals surface area contributed by atoms with E-state index in [4.69, 9.17) is 10.6 Å². The van der Waals surface area contributed by atoms with Gasteiger partial charge < -0.3 is 10.6 Å². The summed E-state index contributed by atoms with van der Waals surface area (Å²) in [7, 11) is 0. The Morgan fingerprint density at radius 2 is 2.16 bits per heavy atom. The Balaban J connectivity index is 2.25. The summed E-state index contributed by atoms with van der Waals surface area (Å²) in [6.07, 6.45) is 5.07. The summed E-state index contributed by atoms with van der Waals surface area (Å²) in [5.41, 5.74) is 6.00. The van der Waals surface area contributed by atoms with Gasteiger partial charge in [0.2, 0.25) is 0 Å². The number of nitrogens with zero attached hydrogens (tertiary/aromatic N) is 1. The van der Waals surface area contributed by atoms with Gasteiger partial charge in [-0.3, -0.25) is 0 Å². The molecule has 19 heavy (non-hydrogen) atoms. The molecule has 2 aliphatic carbocycles. The Morgan fingerprint density at radius 1 is 1.47 bits per heavy atom. The van der Waals surface area contributed by atoms with E-state index in [-0.39, 0.29) is 16.9 Å². The lowest BCUT2D eigenvalue weighted by atomic mass is 9.51. The van der Waals surface area contributed by atoms with Crippen molar-refractivity contribution in [1.29, 1.82) is 0 Å². The molecule has 0 aromatic rings. The van der Waals surface area contributed by atoms with Crippen molar-refractivity contribution in [1.82, 2.24) is 0 Å². The highest BCUT2D eigenvalue weighted by molar-refractivity contribution is 5.02. The molecule has 110 valence electrons. The van der Waals surface area contributed by atoms with Gasteiger partial charge in [-0.25, -0.2) is 0 Å². The Morgan fingerprint density at radius 3 is 2.74 bits per heavy atom.